The van der Waals surface area contributed by atoms with E-state index in [9.17, 15) is 4.79 Å². The lowest BCUT2D eigenvalue weighted by Crippen LogP contribution is -2.19. The summed E-state index contributed by atoms with van der Waals surface area (Å²) in [6, 6.07) is 11.8. The molecule has 2 rings (SSSR count). The predicted octanol–water partition coefficient (Wildman–Crippen LogP) is 2.39. The Morgan fingerprint density at radius 2 is 2.00 bits per heavy atom. The topological polar surface area (TPSA) is 78.1 Å². The first kappa shape index (κ1) is 13.7. The van der Waals surface area contributed by atoms with Crippen molar-refractivity contribution in [1.82, 2.24) is 10.4 Å². The number of carbonyl (C=O) groups excluding carboxylic acids is 1. The van der Waals surface area contributed by atoms with E-state index in [-0.39, 0.29) is 5.71 Å². The zero-order chi connectivity index (χ0) is 14.4. The Morgan fingerprint density at radius 1 is 1.25 bits per heavy atom. The molecule has 0 saturated carbocycles. The zero-order valence-electron chi connectivity index (χ0n) is 10.2. The second-order valence-electron chi connectivity index (χ2n) is 3.76. The number of nitrogens with one attached hydrogen (secondary N) is 1. The highest BCUT2D eigenvalue weighted by Gasteiger charge is 2.06. The van der Waals surface area contributed by atoms with Crippen LogP contribution in [0.2, 0.25) is 5.02 Å². The third-order valence-corrected chi connectivity index (χ3v) is 2.67. The Bertz CT molecular complexity index is 675. The van der Waals surface area contributed by atoms with Gasteiger partial charge in [-0.1, -0.05) is 23.7 Å². The SMILES string of the molecule is N#CC(=NNC(=O)c1cccnc1)c1ccc(Cl)cc1. The summed E-state index contributed by atoms with van der Waals surface area (Å²) in [4.78, 5) is 15.6. The summed E-state index contributed by atoms with van der Waals surface area (Å²) in [7, 11) is 0. The summed E-state index contributed by atoms with van der Waals surface area (Å²) in [6.45, 7) is 0. The van der Waals surface area contributed by atoms with Gasteiger partial charge in [0, 0.05) is 23.0 Å². The maximum absolute atomic E-state index is 11.8. The maximum atomic E-state index is 11.8. The Morgan fingerprint density at radius 3 is 2.60 bits per heavy atom. The standard InChI is InChI=1S/C14H9ClN4O/c15-12-5-3-10(4-6-12)13(8-16)18-19-14(20)11-2-1-7-17-9-11/h1-7,9H,(H,19,20). The van der Waals surface area contributed by atoms with Gasteiger partial charge in [0.15, 0.2) is 5.71 Å². The van der Waals surface area contributed by atoms with E-state index in [0.717, 1.165) is 0 Å². The summed E-state index contributed by atoms with van der Waals surface area (Å²) in [5.41, 5.74) is 3.35. The van der Waals surface area contributed by atoms with Crippen LogP contribution in [0.4, 0.5) is 0 Å². The van der Waals surface area contributed by atoms with Gasteiger partial charge >= 0.3 is 0 Å². The first-order valence-electron chi connectivity index (χ1n) is 5.65. The van der Waals surface area contributed by atoms with Gasteiger partial charge in [-0.2, -0.15) is 10.4 Å². The molecule has 0 radical (unpaired) electrons. The van der Waals surface area contributed by atoms with Gasteiger partial charge in [0.05, 0.1) is 5.56 Å². The smallest absolute Gasteiger partial charge is 0.267 e. The number of hydrogen-bond donors (Lipinski definition) is 1. The summed E-state index contributed by atoms with van der Waals surface area (Å²) >= 11 is 5.77. The Labute approximate surface area is 120 Å². The molecule has 2 aromatic rings. The fraction of sp³-hybridized carbons (Fsp3) is 0. The quantitative estimate of drug-likeness (QED) is 0.694. The largest absolute Gasteiger partial charge is 0.272 e. The van der Waals surface area contributed by atoms with Gasteiger partial charge in [-0.05, 0) is 24.3 Å². The van der Waals surface area contributed by atoms with E-state index in [1.165, 1.54) is 6.20 Å². The van der Waals surface area contributed by atoms with E-state index in [4.69, 9.17) is 16.9 Å². The molecule has 0 bridgehead atoms. The van der Waals surface area contributed by atoms with Crippen LogP contribution in [-0.2, 0) is 0 Å². The number of hydrogen-bond acceptors (Lipinski definition) is 4. The Hall–Kier alpha value is -2.71. The van der Waals surface area contributed by atoms with Crippen LogP contribution in [0.15, 0.2) is 53.9 Å². The average molecular weight is 285 g/mol. The van der Waals surface area contributed by atoms with E-state index in [1.807, 2.05) is 6.07 Å². The highest BCUT2D eigenvalue weighted by Crippen LogP contribution is 2.10. The Kier molecular flexibility index (Phi) is 4.43. The van der Waals surface area contributed by atoms with Gasteiger partial charge in [0.1, 0.15) is 6.07 Å². The molecule has 6 heteroatoms. The van der Waals surface area contributed by atoms with Crippen LogP contribution in [0.1, 0.15) is 15.9 Å². The van der Waals surface area contributed by atoms with Crippen LogP contribution >= 0.6 is 11.6 Å². The van der Waals surface area contributed by atoms with Crippen LogP contribution in [0, 0.1) is 11.3 Å². The van der Waals surface area contributed by atoms with Crippen molar-refractivity contribution >= 4 is 23.2 Å². The summed E-state index contributed by atoms with van der Waals surface area (Å²) in [6.07, 6.45) is 2.98. The minimum Gasteiger partial charge on any atom is -0.267 e. The van der Waals surface area contributed by atoms with Crippen molar-refractivity contribution in [2.75, 3.05) is 0 Å². The van der Waals surface area contributed by atoms with Gasteiger partial charge in [-0.15, -0.1) is 0 Å². The molecule has 0 fully saturated rings. The number of halogens is 1. The third-order valence-electron chi connectivity index (χ3n) is 2.42. The van der Waals surface area contributed by atoms with Crippen LogP contribution in [0.3, 0.4) is 0 Å². The number of nitriles is 1. The molecule has 0 aliphatic carbocycles. The van der Waals surface area contributed by atoms with Crippen molar-refractivity contribution in [1.29, 1.82) is 5.26 Å². The van der Waals surface area contributed by atoms with Crippen molar-refractivity contribution in [3.05, 3.63) is 64.9 Å². The number of hydrazone groups is 1. The second kappa shape index (κ2) is 6.45. The molecule has 1 N–H and O–H groups in total. The molecule has 0 atom stereocenters. The fourth-order valence-corrected chi connectivity index (χ4v) is 1.56. The number of pyridine rings is 1. The van der Waals surface area contributed by atoms with Gasteiger partial charge < -0.3 is 0 Å². The molecule has 1 amide bonds. The number of rotatable bonds is 3. The van der Waals surface area contributed by atoms with Crippen molar-refractivity contribution in [2.45, 2.75) is 0 Å². The molecular formula is C14H9ClN4O. The molecule has 0 unspecified atom stereocenters. The van der Waals surface area contributed by atoms with E-state index < -0.39 is 5.91 Å². The van der Waals surface area contributed by atoms with E-state index >= 15 is 0 Å². The van der Waals surface area contributed by atoms with Crippen LogP contribution in [-0.4, -0.2) is 16.6 Å². The van der Waals surface area contributed by atoms with Crippen molar-refractivity contribution in [3.8, 4) is 6.07 Å². The monoisotopic (exact) mass is 284 g/mol. The molecule has 1 aromatic carbocycles. The molecule has 5 nitrogen and oxygen atoms in total. The molecular weight excluding hydrogens is 276 g/mol. The maximum Gasteiger partial charge on any atom is 0.272 e. The lowest BCUT2D eigenvalue weighted by atomic mass is 10.1. The molecule has 1 heterocycles. The average Bonchev–Trinajstić information content (AvgIpc) is 2.50. The number of nitrogens with zero attached hydrogens (tertiary/aromatic N) is 3. The number of benzene rings is 1. The molecule has 20 heavy (non-hydrogen) atoms. The van der Waals surface area contributed by atoms with Gasteiger partial charge in [0.2, 0.25) is 0 Å². The third kappa shape index (κ3) is 3.40. The van der Waals surface area contributed by atoms with E-state index in [0.29, 0.717) is 16.1 Å². The molecule has 98 valence electrons. The predicted molar refractivity (Wildman–Crippen MR) is 75.3 cm³/mol. The van der Waals surface area contributed by atoms with Crippen LogP contribution < -0.4 is 5.43 Å². The van der Waals surface area contributed by atoms with Crippen molar-refractivity contribution in [2.24, 2.45) is 5.10 Å². The number of carbonyl (C=O) groups is 1. The van der Waals surface area contributed by atoms with E-state index in [2.05, 4.69) is 15.5 Å². The fourth-order valence-electron chi connectivity index (χ4n) is 1.43. The summed E-state index contributed by atoms with van der Waals surface area (Å²) in [5, 5.41) is 13.4. The second-order valence-corrected chi connectivity index (χ2v) is 4.20. The van der Waals surface area contributed by atoms with Crippen molar-refractivity contribution < 1.29 is 4.79 Å². The van der Waals surface area contributed by atoms with Crippen molar-refractivity contribution in [3.63, 3.8) is 0 Å². The lowest BCUT2D eigenvalue weighted by molar-refractivity contribution is 0.0954. The molecule has 1 aromatic heterocycles. The highest BCUT2D eigenvalue weighted by atomic mass is 35.5. The highest BCUT2D eigenvalue weighted by molar-refractivity contribution is 6.30. The van der Waals surface area contributed by atoms with Gasteiger partial charge in [-0.25, -0.2) is 5.43 Å². The first-order valence-corrected chi connectivity index (χ1v) is 6.02. The first-order chi connectivity index (χ1) is 9.70. The minimum atomic E-state index is -0.431. The minimum absolute atomic E-state index is 0.0962. The molecule has 0 aliphatic heterocycles. The molecule has 0 saturated heterocycles. The zero-order valence-corrected chi connectivity index (χ0v) is 11.0. The van der Waals surface area contributed by atoms with Gasteiger partial charge in [-0.3, -0.25) is 9.78 Å². The summed E-state index contributed by atoms with van der Waals surface area (Å²) < 4.78 is 0. The Balaban J connectivity index is 2.15. The number of aromatic nitrogens is 1. The van der Waals surface area contributed by atoms with Crippen LogP contribution in [0.25, 0.3) is 0 Å². The lowest BCUT2D eigenvalue weighted by Gasteiger charge is -2.01. The molecule has 0 aliphatic rings. The molecule has 0 spiro atoms. The number of amides is 1. The van der Waals surface area contributed by atoms with E-state index in [1.54, 1.807) is 42.6 Å². The summed E-state index contributed by atoms with van der Waals surface area (Å²) in [5.74, 6) is -0.431. The van der Waals surface area contributed by atoms with Crippen LogP contribution in [0.5, 0.6) is 0 Å². The normalized spacial score (nSPS) is 10.7. The van der Waals surface area contributed by atoms with Gasteiger partial charge in [0.25, 0.3) is 5.91 Å².